The molecule has 4 heterocycles. The van der Waals surface area contributed by atoms with Crippen LogP contribution in [0.15, 0.2) is 54.7 Å². The van der Waals surface area contributed by atoms with Gasteiger partial charge in [-0.15, -0.1) is 5.10 Å². The average molecular weight is 620 g/mol. The van der Waals surface area contributed by atoms with E-state index < -0.39 is 32.2 Å². The summed E-state index contributed by atoms with van der Waals surface area (Å²) in [5.41, 5.74) is 1.60. The van der Waals surface area contributed by atoms with Crippen LogP contribution < -0.4 is 10.2 Å². The minimum Gasteiger partial charge on any atom is -0.441 e. The number of fused-ring (bicyclic) bond motifs is 2. The van der Waals surface area contributed by atoms with E-state index in [0.29, 0.717) is 35.6 Å². The highest BCUT2D eigenvalue weighted by molar-refractivity contribution is 6.71. The van der Waals surface area contributed by atoms with E-state index in [1.807, 2.05) is 56.5 Å². The van der Waals surface area contributed by atoms with Crippen molar-refractivity contribution < 1.29 is 33.8 Å². The van der Waals surface area contributed by atoms with Crippen LogP contribution >= 0.6 is 0 Å². The van der Waals surface area contributed by atoms with E-state index in [1.54, 1.807) is 22.9 Å². The predicted molar refractivity (Wildman–Crippen MR) is 162 cm³/mol. The van der Waals surface area contributed by atoms with Gasteiger partial charge in [-0.3, -0.25) is 24.0 Å². The summed E-state index contributed by atoms with van der Waals surface area (Å²) >= 11 is 0. The normalized spacial score (nSPS) is 26.8. The standard InChI is InChI=1S/C31H37N5O7Si/c1-18-29(44(3,4)41)26(12-13-35-16-25(33-34-35)22(17-37)20-8-6-5-7-9-20)43-31(18)23-14-21(10-11-24(23)32-30(31)40)36-27(39)15-28(36)42-19(2)38/h5-11,14,16,18,22,26,28-29,37,41H,12-13,15,17H2,1-4H3,(H,32,40)/t18-,22?,26+,28?,29-,31+/m1/s1. The maximum Gasteiger partial charge on any atom is 0.304 e. The van der Waals surface area contributed by atoms with Crippen molar-refractivity contribution in [2.45, 2.75) is 75.7 Å². The second-order valence-electron chi connectivity index (χ2n) is 12.4. The number of aliphatic hydroxyl groups is 1. The van der Waals surface area contributed by atoms with E-state index in [-0.39, 0.29) is 42.2 Å². The summed E-state index contributed by atoms with van der Waals surface area (Å²) in [6, 6.07) is 14.8. The number of hydrogen-bond acceptors (Lipinski definition) is 9. The van der Waals surface area contributed by atoms with E-state index in [0.717, 1.165) is 5.56 Å². The van der Waals surface area contributed by atoms with Gasteiger partial charge in [0.15, 0.2) is 20.1 Å². The zero-order valence-corrected chi connectivity index (χ0v) is 26.1. The third-order valence-electron chi connectivity index (χ3n) is 9.15. The summed E-state index contributed by atoms with van der Waals surface area (Å²) in [7, 11) is -2.87. The van der Waals surface area contributed by atoms with Crippen molar-refractivity contribution in [2.75, 3.05) is 16.8 Å². The molecular formula is C31H37N5O7Si. The monoisotopic (exact) mass is 619 g/mol. The molecule has 44 heavy (non-hydrogen) atoms. The molecule has 3 N–H and O–H groups in total. The fourth-order valence-electron chi connectivity index (χ4n) is 7.18. The number of nitrogens with one attached hydrogen (secondary N) is 1. The highest BCUT2D eigenvalue weighted by Crippen LogP contribution is 2.58. The summed E-state index contributed by atoms with van der Waals surface area (Å²) in [6.45, 7) is 7.26. The Hall–Kier alpha value is -3.91. The van der Waals surface area contributed by atoms with Crippen molar-refractivity contribution >= 4 is 37.5 Å². The Morgan fingerprint density at radius 3 is 2.64 bits per heavy atom. The first-order chi connectivity index (χ1) is 20.9. The maximum absolute atomic E-state index is 13.7. The minimum atomic E-state index is -2.87. The molecule has 2 fully saturated rings. The molecule has 12 nitrogen and oxygen atoms in total. The number of ether oxygens (including phenoxy) is 2. The fraction of sp³-hybridized carbons (Fsp3) is 0.452. The van der Waals surface area contributed by atoms with E-state index in [1.165, 1.54) is 11.8 Å². The number of amides is 2. The van der Waals surface area contributed by atoms with E-state index in [4.69, 9.17) is 9.47 Å². The molecule has 0 aliphatic carbocycles. The van der Waals surface area contributed by atoms with E-state index in [9.17, 15) is 24.3 Å². The first-order valence-electron chi connectivity index (χ1n) is 14.8. The SMILES string of the molecule is CC(=O)OC1CC(=O)N1c1ccc2c(c1)[C@]1(O[C@@H](CCn3cc(C(CO)c4ccccc4)nn3)[C@H]([Si](C)(C)O)[C@H]1C)C(=O)N2. The van der Waals surface area contributed by atoms with Crippen LogP contribution in [0.4, 0.5) is 11.4 Å². The van der Waals surface area contributed by atoms with Gasteiger partial charge in [-0.05, 0) is 43.3 Å². The third kappa shape index (κ3) is 5.03. The molecule has 0 radical (unpaired) electrons. The molecule has 0 saturated carbocycles. The van der Waals surface area contributed by atoms with Crippen LogP contribution in [-0.4, -0.2) is 69.9 Å². The number of rotatable bonds is 9. The Morgan fingerprint density at radius 1 is 1.23 bits per heavy atom. The van der Waals surface area contributed by atoms with Gasteiger partial charge in [0, 0.05) is 48.1 Å². The van der Waals surface area contributed by atoms with Gasteiger partial charge in [0.2, 0.25) is 5.91 Å². The van der Waals surface area contributed by atoms with Crippen LogP contribution in [-0.2, 0) is 36.0 Å². The highest BCUT2D eigenvalue weighted by Gasteiger charge is 2.64. The van der Waals surface area contributed by atoms with Gasteiger partial charge in [-0.25, -0.2) is 0 Å². The van der Waals surface area contributed by atoms with E-state index in [2.05, 4.69) is 15.6 Å². The third-order valence-corrected chi connectivity index (χ3v) is 11.7. The second-order valence-corrected chi connectivity index (χ2v) is 16.4. The molecular weight excluding hydrogens is 582 g/mol. The molecule has 1 aromatic heterocycles. The molecule has 1 spiro atoms. The zero-order chi connectivity index (χ0) is 31.4. The molecule has 0 bridgehead atoms. The van der Waals surface area contributed by atoms with Crippen molar-refractivity contribution in [2.24, 2.45) is 5.92 Å². The quantitative estimate of drug-likeness (QED) is 0.186. The number of aromatic nitrogens is 3. The molecule has 6 rings (SSSR count). The summed E-state index contributed by atoms with van der Waals surface area (Å²) < 4.78 is 13.7. The Morgan fingerprint density at radius 2 is 1.98 bits per heavy atom. The molecule has 6 atom stereocenters. The second kappa shape index (κ2) is 11.2. The lowest BCUT2D eigenvalue weighted by atomic mass is 9.82. The van der Waals surface area contributed by atoms with Crippen LogP contribution in [0.5, 0.6) is 0 Å². The number of carbonyl (C=O) groups excluding carboxylic acids is 3. The number of carbonyl (C=O) groups is 3. The predicted octanol–water partition coefficient (Wildman–Crippen LogP) is 2.87. The van der Waals surface area contributed by atoms with E-state index >= 15 is 0 Å². The molecule has 3 aromatic rings. The number of β-lactam (4-membered cyclic amide) rings is 1. The number of esters is 1. The average Bonchev–Trinajstić information content (AvgIpc) is 3.63. The molecule has 3 aliphatic rings. The van der Waals surface area contributed by atoms with Gasteiger partial charge >= 0.3 is 5.97 Å². The van der Waals surface area contributed by atoms with Crippen LogP contribution in [0.3, 0.4) is 0 Å². The van der Waals surface area contributed by atoms with Gasteiger partial charge < -0.3 is 24.7 Å². The van der Waals surface area contributed by atoms with Crippen LogP contribution in [0.2, 0.25) is 18.6 Å². The van der Waals surface area contributed by atoms with Crippen molar-refractivity contribution in [1.29, 1.82) is 0 Å². The number of aryl methyl sites for hydroxylation is 1. The molecule has 13 heteroatoms. The maximum atomic E-state index is 13.7. The highest BCUT2D eigenvalue weighted by atomic mass is 28.4. The zero-order valence-electron chi connectivity index (χ0n) is 25.1. The first kappa shape index (κ1) is 30.1. The molecule has 232 valence electrons. The van der Waals surface area contributed by atoms with Crippen molar-refractivity contribution in [3.8, 4) is 0 Å². The fourth-order valence-corrected chi connectivity index (χ4v) is 9.79. The Labute approximate surface area is 256 Å². The first-order valence-corrected chi connectivity index (χ1v) is 17.9. The van der Waals surface area contributed by atoms with Crippen molar-refractivity contribution in [3.05, 3.63) is 71.5 Å². The number of aliphatic hydroxyl groups excluding tert-OH is 1. The van der Waals surface area contributed by atoms with Gasteiger partial charge in [0.1, 0.15) is 0 Å². The Bertz CT molecular complexity index is 1590. The van der Waals surface area contributed by atoms with Gasteiger partial charge in [-0.1, -0.05) is 42.5 Å². The number of hydrogen-bond donors (Lipinski definition) is 3. The lowest BCUT2D eigenvalue weighted by Crippen LogP contribution is -2.55. The Kier molecular flexibility index (Phi) is 7.68. The minimum absolute atomic E-state index is 0.0920. The number of anilines is 2. The topological polar surface area (TPSA) is 156 Å². The summed E-state index contributed by atoms with van der Waals surface area (Å²) in [5, 5.41) is 21.6. The summed E-state index contributed by atoms with van der Waals surface area (Å²) in [5.74, 6) is -1.67. The lowest BCUT2D eigenvalue weighted by Gasteiger charge is -2.39. The van der Waals surface area contributed by atoms with Crippen LogP contribution in [0.25, 0.3) is 0 Å². The van der Waals surface area contributed by atoms with Gasteiger partial charge in [0.05, 0.1) is 30.7 Å². The lowest BCUT2D eigenvalue weighted by molar-refractivity contribution is -0.153. The molecule has 2 saturated heterocycles. The molecule has 2 amide bonds. The van der Waals surface area contributed by atoms with Gasteiger partial charge in [-0.2, -0.15) is 0 Å². The van der Waals surface area contributed by atoms with Crippen LogP contribution in [0.1, 0.15) is 49.4 Å². The van der Waals surface area contributed by atoms with Crippen molar-refractivity contribution in [3.63, 3.8) is 0 Å². The van der Waals surface area contributed by atoms with Crippen LogP contribution in [0, 0.1) is 5.92 Å². The van der Waals surface area contributed by atoms with Crippen molar-refractivity contribution in [1.82, 2.24) is 15.0 Å². The summed E-state index contributed by atoms with van der Waals surface area (Å²) in [4.78, 5) is 50.7. The number of nitrogens with zero attached hydrogens (tertiary/aromatic N) is 4. The molecule has 2 aromatic carbocycles. The van der Waals surface area contributed by atoms with Gasteiger partial charge in [0.25, 0.3) is 5.91 Å². The largest absolute Gasteiger partial charge is 0.441 e. The Balaban J connectivity index is 1.27. The number of benzene rings is 2. The molecule has 3 aliphatic heterocycles. The smallest absolute Gasteiger partial charge is 0.304 e. The summed E-state index contributed by atoms with van der Waals surface area (Å²) in [6.07, 6.45) is 1.20. The molecule has 2 unspecified atom stereocenters.